The van der Waals surface area contributed by atoms with Crippen LogP contribution in [0.2, 0.25) is 0 Å². The van der Waals surface area contributed by atoms with E-state index in [1.807, 2.05) is 72.1 Å². The number of nitrogens with zero attached hydrogens (tertiary/aromatic N) is 2. The SMILES string of the molecule is CCN(CC)C(=O)c1ccc(-n2cccc2)cc1. The van der Waals surface area contributed by atoms with E-state index < -0.39 is 0 Å². The molecule has 0 bridgehead atoms. The highest BCUT2D eigenvalue weighted by Gasteiger charge is 2.11. The lowest BCUT2D eigenvalue weighted by Crippen LogP contribution is -2.30. The minimum atomic E-state index is 0.0963. The van der Waals surface area contributed by atoms with Gasteiger partial charge in [-0.2, -0.15) is 0 Å². The van der Waals surface area contributed by atoms with E-state index in [1.165, 1.54) is 0 Å². The normalized spacial score (nSPS) is 10.3. The quantitative estimate of drug-likeness (QED) is 0.809. The molecule has 0 N–H and O–H groups in total. The van der Waals surface area contributed by atoms with Gasteiger partial charge in [0, 0.05) is 36.7 Å². The smallest absolute Gasteiger partial charge is 0.253 e. The standard InChI is InChI=1S/C15H18N2O/c1-3-16(4-2)15(18)13-7-9-14(10-8-13)17-11-5-6-12-17/h5-12H,3-4H2,1-2H3. The predicted molar refractivity (Wildman–Crippen MR) is 73.0 cm³/mol. The highest BCUT2D eigenvalue weighted by atomic mass is 16.2. The number of rotatable bonds is 4. The zero-order valence-corrected chi connectivity index (χ0v) is 10.8. The van der Waals surface area contributed by atoms with Crippen molar-refractivity contribution in [1.82, 2.24) is 9.47 Å². The highest BCUT2D eigenvalue weighted by molar-refractivity contribution is 5.94. The van der Waals surface area contributed by atoms with E-state index in [-0.39, 0.29) is 5.91 Å². The molecular weight excluding hydrogens is 224 g/mol. The number of carbonyl (C=O) groups excluding carboxylic acids is 1. The van der Waals surface area contributed by atoms with Crippen LogP contribution in [0.5, 0.6) is 0 Å². The first-order valence-corrected chi connectivity index (χ1v) is 6.29. The van der Waals surface area contributed by atoms with Crippen molar-refractivity contribution in [1.29, 1.82) is 0 Å². The van der Waals surface area contributed by atoms with E-state index >= 15 is 0 Å². The predicted octanol–water partition coefficient (Wildman–Crippen LogP) is 2.96. The second kappa shape index (κ2) is 5.54. The zero-order valence-electron chi connectivity index (χ0n) is 10.8. The van der Waals surface area contributed by atoms with Crippen LogP contribution in [-0.2, 0) is 0 Å². The molecule has 1 amide bonds. The van der Waals surface area contributed by atoms with Crippen LogP contribution in [-0.4, -0.2) is 28.5 Å². The van der Waals surface area contributed by atoms with Crippen LogP contribution in [0.25, 0.3) is 5.69 Å². The van der Waals surface area contributed by atoms with E-state index in [4.69, 9.17) is 0 Å². The Balaban J connectivity index is 2.20. The van der Waals surface area contributed by atoms with Gasteiger partial charge in [-0.25, -0.2) is 0 Å². The lowest BCUT2D eigenvalue weighted by Gasteiger charge is -2.18. The topological polar surface area (TPSA) is 25.2 Å². The van der Waals surface area contributed by atoms with Gasteiger partial charge in [0.05, 0.1) is 0 Å². The lowest BCUT2D eigenvalue weighted by molar-refractivity contribution is 0.0773. The number of hydrogen-bond donors (Lipinski definition) is 0. The molecule has 94 valence electrons. The Kier molecular flexibility index (Phi) is 3.82. The first kappa shape index (κ1) is 12.4. The molecule has 0 fully saturated rings. The van der Waals surface area contributed by atoms with Crippen molar-refractivity contribution in [3.8, 4) is 5.69 Å². The number of benzene rings is 1. The zero-order chi connectivity index (χ0) is 13.0. The molecular formula is C15H18N2O. The summed E-state index contributed by atoms with van der Waals surface area (Å²) in [6, 6.07) is 11.7. The van der Waals surface area contributed by atoms with Gasteiger partial charge in [0.25, 0.3) is 5.91 Å². The van der Waals surface area contributed by atoms with Crippen LogP contribution in [0.15, 0.2) is 48.8 Å². The largest absolute Gasteiger partial charge is 0.339 e. The van der Waals surface area contributed by atoms with Crippen molar-refractivity contribution in [2.45, 2.75) is 13.8 Å². The Morgan fingerprint density at radius 1 is 1.06 bits per heavy atom. The molecule has 0 spiro atoms. The van der Waals surface area contributed by atoms with Gasteiger partial charge in [-0.05, 0) is 50.2 Å². The van der Waals surface area contributed by atoms with Crippen molar-refractivity contribution < 1.29 is 4.79 Å². The number of amides is 1. The number of carbonyl (C=O) groups is 1. The van der Waals surface area contributed by atoms with Crippen LogP contribution < -0.4 is 0 Å². The Hall–Kier alpha value is -2.03. The summed E-state index contributed by atoms with van der Waals surface area (Å²) in [5, 5.41) is 0. The molecule has 0 aliphatic rings. The summed E-state index contributed by atoms with van der Waals surface area (Å²) in [5.74, 6) is 0.0963. The molecule has 0 saturated carbocycles. The first-order valence-electron chi connectivity index (χ1n) is 6.29. The van der Waals surface area contributed by atoms with Crippen molar-refractivity contribution in [3.63, 3.8) is 0 Å². The summed E-state index contributed by atoms with van der Waals surface area (Å²) in [4.78, 5) is 13.9. The average Bonchev–Trinajstić information content (AvgIpc) is 2.94. The van der Waals surface area contributed by atoms with Gasteiger partial charge >= 0.3 is 0 Å². The average molecular weight is 242 g/mol. The fourth-order valence-electron chi connectivity index (χ4n) is 1.98. The molecule has 0 aliphatic carbocycles. The maximum atomic E-state index is 12.1. The molecule has 3 nitrogen and oxygen atoms in total. The summed E-state index contributed by atoms with van der Waals surface area (Å²) in [5.41, 5.74) is 1.81. The fraction of sp³-hybridized carbons (Fsp3) is 0.267. The van der Waals surface area contributed by atoms with Crippen LogP contribution in [0, 0.1) is 0 Å². The maximum absolute atomic E-state index is 12.1. The van der Waals surface area contributed by atoms with Gasteiger partial charge in [-0.1, -0.05) is 0 Å². The Bertz CT molecular complexity index is 496. The second-order valence-corrected chi connectivity index (χ2v) is 4.11. The molecule has 0 saturated heterocycles. The second-order valence-electron chi connectivity index (χ2n) is 4.11. The monoisotopic (exact) mass is 242 g/mol. The molecule has 0 unspecified atom stereocenters. The summed E-state index contributed by atoms with van der Waals surface area (Å²) in [7, 11) is 0. The van der Waals surface area contributed by atoms with Gasteiger partial charge in [0.2, 0.25) is 0 Å². The Labute approximate surface area is 108 Å². The number of hydrogen-bond acceptors (Lipinski definition) is 1. The van der Waals surface area contributed by atoms with Crippen molar-refractivity contribution in [2.75, 3.05) is 13.1 Å². The third-order valence-corrected chi connectivity index (χ3v) is 3.07. The fourth-order valence-corrected chi connectivity index (χ4v) is 1.98. The van der Waals surface area contributed by atoms with Gasteiger partial charge in [-0.3, -0.25) is 4.79 Å². The number of aromatic nitrogens is 1. The Morgan fingerprint density at radius 3 is 2.11 bits per heavy atom. The van der Waals surface area contributed by atoms with Crippen LogP contribution in [0.1, 0.15) is 24.2 Å². The first-order chi connectivity index (χ1) is 8.76. The third kappa shape index (κ3) is 2.45. The van der Waals surface area contributed by atoms with Crippen molar-refractivity contribution in [3.05, 3.63) is 54.4 Å². The maximum Gasteiger partial charge on any atom is 0.253 e. The van der Waals surface area contributed by atoms with Crippen molar-refractivity contribution in [2.24, 2.45) is 0 Å². The minimum absolute atomic E-state index is 0.0963. The van der Waals surface area contributed by atoms with Crippen molar-refractivity contribution >= 4 is 5.91 Å². The molecule has 2 aromatic rings. The summed E-state index contributed by atoms with van der Waals surface area (Å²) >= 11 is 0. The minimum Gasteiger partial charge on any atom is -0.339 e. The molecule has 0 aliphatic heterocycles. The summed E-state index contributed by atoms with van der Waals surface area (Å²) < 4.78 is 2.02. The van der Waals surface area contributed by atoms with E-state index in [0.29, 0.717) is 0 Å². The molecule has 0 atom stereocenters. The van der Waals surface area contributed by atoms with Gasteiger partial charge in [0.1, 0.15) is 0 Å². The highest BCUT2D eigenvalue weighted by Crippen LogP contribution is 2.11. The van der Waals surface area contributed by atoms with E-state index in [9.17, 15) is 4.79 Å². The summed E-state index contributed by atoms with van der Waals surface area (Å²) in [6.45, 7) is 5.48. The molecule has 2 rings (SSSR count). The summed E-state index contributed by atoms with van der Waals surface area (Å²) in [6.07, 6.45) is 3.97. The molecule has 18 heavy (non-hydrogen) atoms. The van der Waals surface area contributed by atoms with Crippen LogP contribution in [0.3, 0.4) is 0 Å². The molecule has 1 aromatic carbocycles. The van der Waals surface area contributed by atoms with Crippen LogP contribution >= 0.6 is 0 Å². The van der Waals surface area contributed by atoms with Gasteiger partial charge in [-0.15, -0.1) is 0 Å². The van der Waals surface area contributed by atoms with E-state index in [1.54, 1.807) is 0 Å². The Morgan fingerprint density at radius 2 is 1.61 bits per heavy atom. The van der Waals surface area contributed by atoms with E-state index in [0.717, 1.165) is 24.3 Å². The molecule has 1 aromatic heterocycles. The molecule has 1 heterocycles. The van der Waals surface area contributed by atoms with Gasteiger partial charge < -0.3 is 9.47 Å². The third-order valence-electron chi connectivity index (χ3n) is 3.07. The lowest BCUT2D eigenvalue weighted by atomic mass is 10.2. The van der Waals surface area contributed by atoms with Crippen LogP contribution in [0.4, 0.5) is 0 Å². The van der Waals surface area contributed by atoms with E-state index in [2.05, 4.69) is 0 Å². The molecule has 3 heteroatoms. The van der Waals surface area contributed by atoms with Gasteiger partial charge in [0.15, 0.2) is 0 Å². The molecule has 0 radical (unpaired) electrons.